The van der Waals surface area contributed by atoms with Crippen LogP contribution in [-0.2, 0) is 17.8 Å². The van der Waals surface area contributed by atoms with Crippen molar-refractivity contribution in [1.82, 2.24) is 19.4 Å². The molecule has 2 aromatic carbocycles. The lowest BCUT2D eigenvalue weighted by molar-refractivity contribution is -0.133. The van der Waals surface area contributed by atoms with Crippen LogP contribution in [0.5, 0.6) is 0 Å². The first-order chi connectivity index (χ1) is 18.0. The zero-order chi connectivity index (χ0) is 25.8. The van der Waals surface area contributed by atoms with Gasteiger partial charge in [-0.05, 0) is 55.0 Å². The topological polar surface area (TPSA) is 88.7 Å². The molecule has 8 heteroatoms. The Kier molecular flexibility index (Phi) is 7.16. The Labute approximate surface area is 215 Å². The van der Waals surface area contributed by atoms with Gasteiger partial charge in [-0.3, -0.25) is 19.1 Å². The number of carbonyl (C=O) groups is 2. The van der Waals surface area contributed by atoms with Crippen LogP contribution in [0.25, 0.3) is 11.1 Å². The van der Waals surface area contributed by atoms with Crippen molar-refractivity contribution in [2.75, 3.05) is 20.1 Å². The van der Waals surface area contributed by atoms with Crippen LogP contribution in [0, 0.1) is 5.92 Å². The van der Waals surface area contributed by atoms with E-state index in [-0.39, 0.29) is 30.3 Å². The van der Waals surface area contributed by atoms with Crippen molar-refractivity contribution >= 4 is 22.9 Å². The number of benzene rings is 2. The fraction of sp³-hybridized carbons (Fsp3) is 0.310. The fourth-order valence-electron chi connectivity index (χ4n) is 5.23. The highest BCUT2D eigenvalue weighted by molar-refractivity contribution is 5.92. The minimum atomic E-state index is -0.526. The first-order valence-corrected chi connectivity index (χ1v) is 12.6. The van der Waals surface area contributed by atoms with Crippen LogP contribution in [0.2, 0.25) is 0 Å². The van der Waals surface area contributed by atoms with E-state index in [0.717, 1.165) is 24.8 Å². The Bertz CT molecular complexity index is 1420. The van der Waals surface area contributed by atoms with Crippen molar-refractivity contribution in [2.45, 2.75) is 31.8 Å². The SMILES string of the molecule is CN(C(=O)c1ccccn1)C(Cc1ccccc1)C1CCN(C(=O)Cn2c(=O)oc3ccccc32)CC1. The predicted octanol–water partition coefficient (Wildman–Crippen LogP) is 3.61. The third-order valence-corrected chi connectivity index (χ3v) is 7.29. The molecule has 37 heavy (non-hydrogen) atoms. The molecule has 1 atom stereocenters. The van der Waals surface area contributed by atoms with Crippen LogP contribution in [0.1, 0.15) is 28.9 Å². The molecule has 0 saturated carbocycles. The van der Waals surface area contributed by atoms with Crippen LogP contribution >= 0.6 is 0 Å². The lowest BCUT2D eigenvalue weighted by Crippen LogP contribution is -2.49. The van der Waals surface area contributed by atoms with Crippen LogP contribution in [0.3, 0.4) is 0 Å². The number of hydrogen-bond donors (Lipinski definition) is 0. The summed E-state index contributed by atoms with van der Waals surface area (Å²) in [6.45, 7) is 1.10. The van der Waals surface area contributed by atoms with E-state index in [1.807, 2.05) is 47.2 Å². The van der Waals surface area contributed by atoms with Crippen molar-refractivity contribution in [3.05, 3.63) is 101 Å². The lowest BCUT2D eigenvalue weighted by atomic mass is 9.84. The molecule has 0 spiro atoms. The molecule has 8 nitrogen and oxygen atoms in total. The van der Waals surface area contributed by atoms with E-state index in [0.29, 0.717) is 29.9 Å². The molecule has 5 rings (SSSR count). The molecule has 4 aromatic rings. The molecule has 0 aliphatic carbocycles. The molecule has 1 aliphatic rings. The molecule has 2 amide bonds. The number of pyridine rings is 1. The quantitative estimate of drug-likeness (QED) is 0.388. The molecule has 0 bridgehead atoms. The molecule has 1 aliphatic heterocycles. The zero-order valence-electron chi connectivity index (χ0n) is 20.8. The van der Waals surface area contributed by atoms with Crippen molar-refractivity contribution in [2.24, 2.45) is 5.92 Å². The fourth-order valence-corrected chi connectivity index (χ4v) is 5.23. The largest absolute Gasteiger partial charge is 0.420 e. The number of oxazole rings is 1. The number of nitrogens with zero attached hydrogens (tertiary/aromatic N) is 4. The van der Waals surface area contributed by atoms with Gasteiger partial charge < -0.3 is 14.2 Å². The van der Waals surface area contributed by atoms with Crippen LogP contribution in [0.15, 0.2) is 88.2 Å². The van der Waals surface area contributed by atoms with Gasteiger partial charge in [0.2, 0.25) is 5.91 Å². The summed E-state index contributed by atoms with van der Waals surface area (Å²) in [6.07, 6.45) is 3.89. The smallest absolute Gasteiger partial charge is 0.408 e. The number of para-hydroxylation sites is 2. The highest BCUT2D eigenvalue weighted by Crippen LogP contribution is 2.27. The Hall–Kier alpha value is -4.20. The molecule has 0 N–H and O–H groups in total. The number of fused-ring (bicyclic) bond motifs is 1. The summed E-state index contributed by atoms with van der Waals surface area (Å²) in [5.41, 5.74) is 2.68. The average Bonchev–Trinajstić information content (AvgIpc) is 3.26. The average molecular weight is 499 g/mol. The minimum Gasteiger partial charge on any atom is -0.408 e. The van der Waals surface area contributed by atoms with Gasteiger partial charge in [-0.15, -0.1) is 0 Å². The molecule has 190 valence electrons. The predicted molar refractivity (Wildman–Crippen MR) is 140 cm³/mol. The van der Waals surface area contributed by atoms with Gasteiger partial charge in [0.25, 0.3) is 5.91 Å². The number of rotatable bonds is 7. The van der Waals surface area contributed by atoms with Crippen LogP contribution in [-0.4, -0.2) is 57.3 Å². The van der Waals surface area contributed by atoms with E-state index in [4.69, 9.17) is 4.42 Å². The van der Waals surface area contributed by atoms with Gasteiger partial charge in [-0.25, -0.2) is 4.79 Å². The minimum absolute atomic E-state index is 0.0328. The van der Waals surface area contributed by atoms with Gasteiger partial charge in [0, 0.05) is 32.4 Å². The monoisotopic (exact) mass is 498 g/mol. The Balaban J connectivity index is 1.29. The number of hydrogen-bond acceptors (Lipinski definition) is 5. The Morgan fingerprint density at radius 2 is 1.70 bits per heavy atom. The summed E-state index contributed by atoms with van der Waals surface area (Å²) in [4.78, 5) is 46.6. The maximum absolute atomic E-state index is 13.3. The maximum Gasteiger partial charge on any atom is 0.420 e. The number of likely N-dealkylation sites (tertiary alicyclic amines) is 1. The summed E-state index contributed by atoms with van der Waals surface area (Å²) in [6, 6.07) is 22.6. The zero-order valence-corrected chi connectivity index (χ0v) is 20.8. The first-order valence-electron chi connectivity index (χ1n) is 12.6. The highest BCUT2D eigenvalue weighted by Gasteiger charge is 2.33. The maximum atomic E-state index is 13.3. The molecule has 2 aromatic heterocycles. The van der Waals surface area contributed by atoms with E-state index in [2.05, 4.69) is 17.1 Å². The van der Waals surface area contributed by atoms with Gasteiger partial charge in [0.1, 0.15) is 12.2 Å². The molecule has 1 fully saturated rings. The number of carbonyl (C=O) groups excluding carboxylic acids is 2. The Morgan fingerprint density at radius 3 is 2.43 bits per heavy atom. The van der Waals surface area contributed by atoms with Crippen molar-refractivity contribution in [3.63, 3.8) is 0 Å². The lowest BCUT2D eigenvalue weighted by Gasteiger charge is -2.40. The second-order valence-corrected chi connectivity index (χ2v) is 9.53. The van der Waals surface area contributed by atoms with Crippen molar-refractivity contribution in [1.29, 1.82) is 0 Å². The van der Waals surface area contributed by atoms with Crippen LogP contribution < -0.4 is 5.76 Å². The van der Waals surface area contributed by atoms with E-state index >= 15 is 0 Å². The van der Waals surface area contributed by atoms with E-state index in [1.165, 1.54) is 4.57 Å². The highest BCUT2D eigenvalue weighted by atomic mass is 16.4. The molecular weight excluding hydrogens is 468 g/mol. The third kappa shape index (κ3) is 5.33. The normalized spacial score (nSPS) is 15.0. The summed E-state index contributed by atoms with van der Waals surface area (Å²) >= 11 is 0. The summed E-state index contributed by atoms with van der Waals surface area (Å²) in [7, 11) is 1.85. The van der Waals surface area contributed by atoms with E-state index in [1.54, 1.807) is 36.5 Å². The number of amides is 2. The van der Waals surface area contributed by atoms with Crippen molar-refractivity contribution in [3.8, 4) is 0 Å². The second kappa shape index (κ2) is 10.8. The van der Waals surface area contributed by atoms with Crippen LogP contribution in [0.4, 0.5) is 0 Å². The molecule has 0 radical (unpaired) electrons. The van der Waals surface area contributed by atoms with Gasteiger partial charge in [-0.2, -0.15) is 0 Å². The standard InChI is InChI=1S/C29H30N4O4/c1-31(28(35)23-11-7-8-16-30-23)25(19-21-9-3-2-4-10-21)22-14-17-32(18-15-22)27(34)20-33-24-12-5-6-13-26(24)37-29(33)36/h2-13,16,22,25H,14-15,17-20H2,1H3. The van der Waals surface area contributed by atoms with E-state index in [9.17, 15) is 14.4 Å². The molecule has 1 saturated heterocycles. The van der Waals surface area contributed by atoms with Gasteiger partial charge in [-0.1, -0.05) is 48.5 Å². The Morgan fingerprint density at radius 1 is 1.00 bits per heavy atom. The first kappa shape index (κ1) is 24.5. The third-order valence-electron chi connectivity index (χ3n) is 7.29. The van der Waals surface area contributed by atoms with Gasteiger partial charge in [0.15, 0.2) is 5.58 Å². The molecule has 3 heterocycles. The summed E-state index contributed by atoms with van der Waals surface area (Å²) in [5, 5.41) is 0. The number of piperidine rings is 1. The summed E-state index contributed by atoms with van der Waals surface area (Å²) in [5.74, 6) is -0.516. The van der Waals surface area contributed by atoms with E-state index < -0.39 is 5.76 Å². The van der Waals surface area contributed by atoms with Gasteiger partial charge in [0.05, 0.1) is 5.52 Å². The number of likely N-dealkylation sites (N-methyl/N-ethyl adjacent to an activating group) is 1. The summed E-state index contributed by atoms with van der Waals surface area (Å²) < 4.78 is 6.66. The molecular formula is C29H30N4O4. The molecule has 1 unspecified atom stereocenters. The van der Waals surface area contributed by atoms with Gasteiger partial charge >= 0.3 is 5.76 Å². The second-order valence-electron chi connectivity index (χ2n) is 9.53. The number of aromatic nitrogens is 2. The van der Waals surface area contributed by atoms with Crippen molar-refractivity contribution < 1.29 is 14.0 Å².